The Bertz CT molecular complexity index is 583. The molecule has 1 unspecified atom stereocenters. The third-order valence-corrected chi connectivity index (χ3v) is 4.76. The first kappa shape index (κ1) is 15.1. The summed E-state index contributed by atoms with van der Waals surface area (Å²) >= 11 is 19.7. The molecule has 0 amide bonds. The van der Waals surface area contributed by atoms with E-state index in [1.165, 1.54) is 11.3 Å². The molecule has 1 aromatic heterocycles. The molecule has 2 aromatic rings. The molecule has 19 heavy (non-hydrogen) atoms. The van der Waals surface area contributed by atoms with Crippen molar-refractivity contribution in [2.75, 3.05) is 0 Å². The van der Waals surface area contributed by atoms with Crippen molar-refractivity contribution in [3.05, 3.63) is 54.7 Å². The van der Waals surface area contributed by atoms with Crippen LogP contribution in [0.5, 0.6) is 0 Å². The van der Waals surface area contributed by atoms with Crippen LogP contribution in [0.1, 0.15) is 22.7 Å². The Labute approximate surface area is 131 Å². The van der Waals surface area contributed by atoms with Gasteiger partial charge in [0.25, 0.3) is 0 Å². The fourth-order valence-corrected chi connectivity index (χ4v) is 3.78. The van der Waals surface area contributed by atoms with E-state index >= 15 is 0 Å². The Morgan fingerprint density at radius 1 is 1.26 bits per heavy atom. The molecule has 0 saturated carbocycles. The lowest BCUT2D eigenvalue weighted by atomic mass is 10.0. The molecule has 0 spiro atoms. The van der Waals surface area contributed by atoms with Gasteiger partial charge in [0.2, 0.25) is 0 Å². The molecule has 0 aliphatic carbocycles. The van der Waals surface area contributed by atoms with E-state index in [0.29, 0.717) is 15.1 Å². The van der Waals surface area contributed by atoms with Crippen molar-refractivity contribution >= 4 is 46.1 Å². The molecule has 6 heteroatoms. The summed E-state index contributed by atoms with van der Waals surface area (Å²) in [5, 5.41) is 0.734. The molecule has 3 N–H and O–H groups in total. The second-order valence-corrected chi connectivity index (χ2v) is 6.99. The molecule has 0 fully saturated rings. The van der Waals surface area contributed by atoms with Crippen LogP contribution in [0.25, 0.3) is 0 Å². The number of hydrogen-bond donors (Lipinski definition) is 2. The number of nitrogens with two attached hydrogens (primary N) is 1. The first-order valence-electron chi connectivity index (χ1n) is 5.67. The van der Waals surface area contributed by atoms with Crippen molar-refractivity contribution in [3.8, 4) is 0 Å². The number of halogens is 3. The zero-order chi connectivity index (χ0) is 14.0. The summed E-state index contributed by atoms with van der Waals surface area (Å²) in [6.07, 6.45) is 0.655. The van der Waals surface area contributed by atoms with Crippen molar-refractivity contribution in [2.24, 2.45) is 5.84 Å². The third kappa shape index (κ3) is 3.63. The lowest BCUT2D eigenvalue weighted by Gasteiger charge is -2.16. The summed E-state index contributed by atoms with van der Waals surface area (Å²) in [6.45, 7) is 2.00. The highest BCUT2D eigenvalue weighted by atomic mass is 35.5. The zero-order valence-corrected chi connectivity index (χ0v) is 13.3. The van der Waals surface area contributed by atoms with Crippen molar-refractivity contribution in [3.63, 3.8) is 0 Å². The Kier molecular flexibility index (Phi) is 5.12. The summed E-state index contributed by atoms with van der Waals surface area (Å²) in [7, 11) is 0. The van der Waals surface area contributed by atoms with E-state index in [-0.39, 0.29) is 6.04 Å². The van der Waals surface area contributed by atoms with Crippen LogP contribution in [0.15, 0.2) is 24.3 Å². The number of thiophene rings is 1. The minimum atomic E-state index is -0.114. The molecule has 1 aromatic carbocycles. The highest BCUT2D eigenvalue weighted by Gasteiger charge is 2.18. The Hall–Kier alpha value is -0.290. The highest BCUT2D eigenvalue weighted by Crippen LogP contribution is 2.36. The van der Waals surface area contributed by atoms with Gasteiger partial charge in [-0.1, -0.05) is 46.9 Å². The van der Waals surface area contributed by atoms with Crippen molar-refractivity contribution in [1.82, 2.24) is 5.43 Å². The van der Waals surface area contributed by atoms with E-state index in [0.717, 1.165) is 21.7 Å². The molecule has 1 heterocycles. The molecule has 102 valence electrons. The van der Waals surface area contributed by atoms with Crippen LogP contribution < -0.4 is 11.3 Å². The second-order valence-electron chi connectivity index (χ2n) is 4.30. The van der Waals surface area contributed by atoms with Gasteiger partial charge < -0.3 is 0 Å². The molecule has 2 rings (SSSR count). The maximum Gasteiger partial charge on any atom is 0.0992 e. The Balaban J connectivity index is 2.26. The molecule has 0 radical (unpaired) electrons. The van der Waals surface area contributed by atoms with Gasteiger partial charge in [-0.25, -0.2) is 0 Å². The van der Waals surface area contributed by atoms with Crippen LogP contribution in [-0.2, 0) is 6.42 Å². The van der Waals surface area contributed by atoms with Gasteiger partial charge in [-0.2, -0.15) is 0 Å². The van der Waals surface area contributed by atoms with Crippen LogP contribution >= 0.6 is 46.1 Å². The fraction of sp³-hybridized carbons (Fsp3) is 0.231. The summed E-state index contributed by atoms with van der Waals surface area (Å²) in [5.41, 5.74) is 5.82. The topological polar surface area (TPSA) is 38.0 Å². The molecule has 1 atom stereocenters. The third-order valence-electron chi connectivity index (χ3n) is 2.89. The van der Waals surface area contributed by atoms with Gasteiger partial charge in [0.05, 0.1) is 14.7 Å². The maximum atomic E-state index is 6.24. The van der Waals surface area contributed by atoms with E-state index in [1.54, 1.807) is 0 Å². The molecule has 0 saturated heterocycles. The van der Waals surface area contributed by atoms with Crippen LogP contribution in [0, 0.1) is 6.92 Å². The quantitative estimate of drug-likeness (QED) is 0.624. The number of aryl methyl sites for hydroxylation is 1. The predicted octanol–water partition coefficient (Wildman–Crippen LogP) is 4.76. The SMILES string of the molecule is Cc1ccc(CC(NN)c2cc(Cl)sc2Cl)c(Cl)c1. The van der Waals surface area contributed by atoms with Crippen LogP contribution in [-0.4, -0.2) is 0 Å². The standard InChI is InChI=1S/C13H13Cl3N2S/c1-7-2-3-8(10(14)4-7)5-11(18-17)9-6-12(15)19-13(9)16/h2-4,6,11,18H,5,17H2,1H3. The number of nitrogens with one attached hydrogen (secondary N) is 1. The van der Waals surface area contributed by atoms with Crippen LogP contribution in [0.4, 0.5) is 0 Å². The summed E-state index contributed by atoms with van der Waals surface area (Å²) < 4.78 is 1.30. The molecular formula is C13H13Cl3N2S. The number of hydrazine groups is 1. The summed E-state index contributed by atoms with van der Waals surface area (Å²) in [4.78, 5) is 0. The predicted molar refractivity (Wildman–Crippen MR) is 84.3 cm³/mol. The van der Waals surface area contributed by atoms with Gasteiger partial charge in [0.1, 0.15) is 0 Å². The molecule has 0 aliphatic heterocycles. The monoisotopic (exact) mass is 334 g/mol. The Morgan fingerprint density at radius 2 is 2.00 bits per heavy atom. The number of benzene rings is 1. The van der Waals surface area contributed by atoms with Crippen molar-refractivity contribution < 1.29 is 0 Å². The van der Waals surface area contributed by atoms with E-state index in [1.807, 2.05) is 31.2 Å². The van der Waals surface area contributed by atoms with Gasteiger partial charge in [-0.3, -0.25) is 11.3 Å². The average molecular weight is 336 g/mol. The van der Waals surface area contributed by atoms with Gasteiger partial charge in [0.15, 0.2) is 0 Å². The molecule has 2 nitrogen and oxygen atoms in total. The van der Waals surface area contributed by atoms with E-state index in [9.17, 15) is 0 Å². The van der Waals surface area contributed by atoms with E-state index in [4.69, 9.17) is 40.6 Å². The van der Waals surface area contributed by atoms with Crippen LogP contribution in [0.3, 0.4) is 0 Å². The summed E-state index contributed by atoms with van der Waals surface area (Å²) in [6, 6.07) is 7.69. The average Bonchev–Trinajstić information content (AvgIpc) is 2.68. The fourth-order valence-electron chi connectivity index (χ4n) is 1.89. The lowest BCUT2D eigenvalue weighted by molar-refractivity contribution is 0.553. The largest absolute Gasteiger partial charge is 0.271 e. The van der Waals surface area contributed by atoms with E-state index < -0.39 is 0 Å². The zero-order valence-electron chi connectivity index (χ0n) is 10.2. The Morgan fingerprint density at radius 3 is 2.53 bits per heavy atom. The first-order valence-corrected chi connectivity index (χ1v) is 7.62. The molecular weight excluding hydrogens is 323 g/mol. The van der Waals surface area contributed by atoms with Gasteiger partial charge in [-0.05, 0) is 36.6 Å². The second kappa shape index (κ2) is 6.44. The first-order chi connectivity index (χ1) is 9.01. The lowest BCUT2D eigenvalue weighted by Crippen LogP contribution is -2.29. The highest BCUT2D eigenvalue weighted by molar-refractivity contribution is 7.20. The van der Waals surface area contributed by atoms with Gasteiger partial charge in [-0.15, -0.1) is 11.3 Å². The van der Waals surface area contributed by atoms with E-state index in [2.05, 4.69) is 5.43 Å². The normalized spacial score (nSPS) is 12.7. The minimum Gasteiger partial charge on any atom is -0.271 e. The number of hydrogen-bond acceptors (Lipinski definition) is 3. The smallest absolute Gasteiger partial charge is 0.0992 e. The van der Waals surface area contributed by atoms with Crippen molar-refractivity contribution in [1.29, 1.82) is 0 Å². The van der Waals surface area contributed by atoms with Crippen LogP contribution in [0.2, 0.25) is 13.7 Å². The molecule has 0 bridgehead atoms. The number of rotatable bonds is 4. The maximum absolute atomic E-state index is 6.24. The molecule has 0 aliphatic rings. The van der Waals surface area contributed by atoms with Gasteiger partial charge in [0, 0.05) is 10.6 Å². The minimum absolute atomic E-state index is 0.114. The van der Waals surface area contributed by atoms with Crippen molar-refractivity contribution in [2.45, 2.75) is 19.4 Å². The summed E-state index contributed by atoms with van der Waals surface area (Å²) in [5.74, 6) is 5.62. The van der Waals surface area contributed by atoms with Gasteiger partial charge >= 0.3 is 0 Å².